The molecule has 82 valence electrons. The van der Waals surface area contributed by atoms with Crippen LogP contribution in [0.1, 0.15) is 5.56 Å². The van der Waals surface area contributed by atoms with E-state index >= 15 is 0 Å². The van der Waals surface area contributed by atoms with Gasteiger partial charge in [-0.2, -0.15) is 0 Å². The zero-order chi connectivity index (χ0) is 11.4. The Labute approximate surface area is 99.9 Å². The van der Waals surface area contributed by atoms with Gasteiger partial charge in [-0.05, 0) is 18.2 Å². The zero-order valence-electron chi connectivity index (χ0n) is 8.98. The van der Waals surface area contributed by atoms with Crippen LogP contribution in [0.4, 0.5) is 0 Å². The van der Waals surface area contributed by atoms with Crippen molar-refractivity contribution in [1.82, 2.24) is 4.98 Å². The van der Waals surface area contributed by atoms with Crippen molar-refractivity contribution >= 4 is 11.6 Å². The summed E-state index contributed by atoms with van der Waals surface area (Å²) in [5.41, 5.74) is 3.07. The molecule has 1 aromatic carbocycles. The lowest BCUT2D eigenvalue weighted by atomic mass is 10.1. The Morgan fingerprint density at radius 3 is 2.62 bits per heavy atom. The lowest BCUT2D eigenvalue weighted by molar-refractivity contribution is 0.185. The van der Waals surface area contributed by atoms with Crippen LogP contribution in [0.3, 0.4) is 0 Å². The second-order valence-corrected chi connectivity index (χ2v) is 3.89. The summed E-state index contributed by atoms with van der Waals surface area (Å²) >= 11 is 5.85. The maximum atomic E-state index is 5.85. The summed E-state index contributed by atoms with van der Waals surface area (Å²) < 4.78 is 5.15. The van der Waals surface area contributed by atoms with E-state index in [9.17, 15) is 0 Å². The molecular formula is C13H12ClNO. The highest BCUT2D eigenvalue weighted by Gasteiger charge is 2.05. The summed E-state index contributed by atoms with van der Waals surface area (Å²) in [5.74, 6) is 0. The van der Waals surface area contributed by atoms with Gasteiger partial charge in [-0.25, -0.2) is 0 Å². The van der Waals surface area contributed by atoms with Gasteiger partial charge in [0.05, 0.1) is 12.3 Å². The first-order chi connectivity index (χ1) is 7.81. The normalized spacial score (nSPS) is 10.4. The first-order valence-electron chi connectivity index (χ1n) is 5.00. The predicted molar refractivity (Wildman–Crippen MR) is 65.4 cm³/mol. The molecule has 16 heavy (non-hydrogen) atoms. The average molecular weight is 234 g/mol. The molecule has 1 aromatic heterocycles. The second-order valence-electron chi connectivity index (χ2n) is 3.45. The van der Waals surface area contributed by atoms with Crippen molar-refractivity contribution in [3.8, 4) is 11.3 Å². The molecule has 0 fully saturated rings. The van der Waals surface area contributed by atoms with Gasteiger partial charge in [-0.3, -0.25) is 4.98 Å². The predicted octanol–water partition coefficient (Wildman–Crippen LogP) is 3.55. The van der Waals surface area contributed by atoms with E-state index in [-0.39, 0.29) is 0 Å². The Morgan fingerprint density at radius 2 is 1.94 bits per heavy atom. The molecule has 0 unspecified atom stereocenters. The number of pyridine rings is 1. The Morgan fingerprint density at radius 1 is 1.19 bits per heavy atom. The number of hydrogen-bond donors (Lipinski definition) is 0. The number of halogens is 1. The van der Waals surface area contributed by atoms with E-state index in [1.54, 1.807) is 13.3 Å². The molecule has 0 saturated heterocycles. The fourth-order valence-electron chi connectivity index (χ4n) is 1.58. The lowest BCUT2D eigenvalue weighted by Crippen LogP contribution is -1.94. The van der Waals surface area contributed by atoms with E-state index in [1.165, 1.54) is 0 Å². The van der Waals surface area contributed by atoms with Crippen LogP contribution in [0.5, 0.6) is 0 Å². The molecule has 0 atom stereocenters. The summed E-state index contributed by atoms with van der Waals surface area (Å²) in [6, 6.07) is 11.6. The van der Waals surface area contributed by atoms with Crippen LogP contribution in [0.15, 0.2) is 42.6 Å². The van der Waals surface area contributed by atoms with Gasteiger partial charge in [0.2, 0.25) is 0 Å². The SMILES string of the molecule is COCc1cccnc1-c1ccc(Cl)cc1. The first kappa shape index (κ1) is 11.1. The van der Waals surface area contributed by atoms with Crippen LogP contribution in [-0.2, 0) is 11.3 Å². The molecule has 2 aromatic rings. The molecule has 0 saturated carbocycles. The van der Waals surface area contributed by atoms with Crippen LogP contribution >= 0.6 is 11.6 Å². The molecule has 1 heterocycles. The van der Waals surface area contributed by atoms with E-state index < -0.39 is 0 Å². The molecule has 0 spiro atoms. The average Bonchev–Trinajstić information content (AvgIpc) is 2.32. The van der Waals surface area contributed by atoms with Gasteiger partial charge in [0, 0.05) is 29.5 Å². The third-order valence-corrected chi connectivity index (χ3v) is 2.56. The highest BCUT2D eigenvalue weighted by molar-refractivity contribution is 6.30. The fraction of sp³-hybridized carbons (Fsp3) is 0.154. The Hall–Kier alpha value is -1.38. The molecule has 3 heteroatoms. The summed E-state index contributed by atoms with van der Waals surface area (Å²) in [4.78, 5) is 4.37. The van der Waals surface area contributed by atoms with Crippen molar-refractivity contribution in [2.75, 3.05) is 7.11 Å². The number of methoxy groups -OCH3 is 1. The van der Waals surface area contributed by atoms with Crippen molar-refractivity contribution in [2.24, 2.45) is 0 Å². The van der Waals surface area contributed by atoms with E-state index in [0.717, 1.165) is 21.8 Å². The van der Waals surface area contributed by atoms with Gasteiger partial charge in [0.25, 0.3) is 0 Å². The Bertz CT molecular complexity index is 468. The van der Waals surface area contributed by atoms with E-state index in [0.29, 0.717) is 6.61 Å². The van der Waals surface area contributed by atoms with Crippen molar-refractivity contribution in [3.63, 3.8) is 0 Å². The minimum Gasteiger partial charge on any atom is -0.380 e. The molecule has 2 nitrogen and oxygen atoms in total. The maximum Gasteiger partial charge on any atom is 0.0757 e. The molecule has 0 aliphatic carbocycles. The molecule has 0 aliphatic rings. The molecule has 0 bridgehead atoms. The maximum absolute atomic E-state index is 5.85. The molecule has 0 N–H and O–H groups in total. The third kappa shape index (κ3) is 2.40. The fourth-order valence-corrected chi connectivity index (χ4v) is 1.70. The number of benzene rings is 1. The number of nitrogens with zero attached hydrogens (tertiary/aromatic N) is 1. The third-order valence-electron chi connectivity index (χ3n) is 2.31. The van der Waals surface area contributed by atoms with Crippen molar-refractivity contribution in [1.29, 1.82) is 0 Å². The summed E-state index contributed by atoms with van der Waals surface area (Å²) in [6.07, 6.45) is 1.78. The van der Waals surface area contributed by atoms with Crippen LogP contribution in [0, 0.1) is 0 Å². The largest absolute Gasteiger partial charge is 0.380 e. The number of rotatable bonds is 3. The quantitative estimate of drug-likeness (QED) is 0.809. The van der Waals surface area contributed by atoms with Gasteiger partial charge in [-0.15, -0.1) is 0 Å². The zero-order valence-corrected chi connectivity index (χ0v) is 9.74. The minimum atomic E-state index is 0.561. The monoisotopic (exact) mass is 233 g/mol. The van der Waals surface area contributed by atoms with E-state index in [4.69, 9.17) is 16.3 Å². The second kappa shape index (κ2) is 5.10. The van der Waals surface area contributed by atoms with Gasteiger partial charge in [0.15, 0.2) is 0 Å². The number of aromatic nitrogens is 1. The summed E-state index contributed by atoms with van der Waals surface area (Å²) in [5, 5.41) is 0.730. The van der Waals surface area contributed by atoms with Crippen LogP contribution in [0.2, 0.25) is 5.02 Å². The van der Waals surface area contributed by atoms with Crippen molar-refractivity contribution < 1.29 is 4.74 Å². The van der Waals surface area contributed by atoms with Gasteiger partial charge in [-0.1, -0.05) is 29.8 Å². The van der Waals surface area contributed by atoms with Gasteiger partial charge >= 0.3 is 0 Å². The standard InChI is InChI=1S/C13H12ClNO/c1-16-9-11-3-2-8-15-13(11)10-4-6-12(14)7-5-10/h2-8H,9H2,1H3. The minimum absolute atomic E-state index is 0.561. The van der Waals surface area contributed by atoms with E-state index in [1.807, 2.05) is 36.4 Å². The van der Waals surface area contributed by atoms with E-state index in [2.05, 4.69) is 4.98 Å². The molecule has 0 amide bonds. The lowest BCUT2D eigenvalue weighted by Gasteiger charge is -2.07. The molecule has 2 rings (SSSR count). The van der Waals surface area contributed by atoms with Gasteiger partial charge in [0.1, 0.15) is 0 Å². The van der Waals surface area contributed by atoms with Crippen molar-refractivity contribution in [3.05, 3.63) is 53.2 Å². The highest BCUT2D eigenvalue weighted by Crippen LogP contribution is 2.23. The Balaban J connectivity index is 2.42. The molecule has 0 radical (unpaired) electrons. The smallest absolute Gasteiger partial charge is 0.0757 e. The highest BCUT2D eigenvalue weighted by atomic mass is 35.5. The van der Waals surface area contributed by atoms with Crippen molar-refractivity contribution in [2.45, 2.75) is 6.61 Å². The summed E-state index contributed by atoms with van der Waals surface area (Å²) in [6.45, 7) is 0.561. The molecular weight excluding hydrogens is 222 g/mol. The Kier molecular flexibility index (Phi) is 3.54. The van der Waals surface area contributed by atoms with Crippen LogP contribution < -0.4 is 0 Å². The topological polar surface area (TPSA) is 22.1 Å². The summed E-state index contributed by atoms with van der Waals surface area (Å²) in [7, 11) is 1.68. The van der Waals surface area contributed by atoms with Crippen LogP contribution in [-0.4, -0.2) is 12.1 Å². The first-order valence-corrected chi connectivity index (χ1v) is 5.38. The van der Waals surface area contributed by atoms with Crippen LogP contribution in [0.25, 0.3) is 11.3 Å². The number of hydrogen-bond acceptors (Lipinski definition) is 2. The number of ether oxygens (including phenoxy) is 1. The molecule has 0 aliphatic heterocycles. The van der Waals surface area contributed by atoms with Gasteiger partial charge < -0.3 is 4.74 Å².